The summed E-state index contributed by atoms with van der Waals surface area (Å²) in [7, 11) is 0. The summed E-state index contributed by atoms with van der Waals surface area (Å²) in [5.74, 6) is -1.21. The first-order valence-corrected chi connectivity index (χ1v) is 5.51. The van der Waals surface area contributed by atoms with E-state index in [2.05, 4.69) is 15.7 Å². The second kappa shape index (κ2) is 5.61. The van der Waals surface area contributed by atoms with Crippen molar-refractivity contribution < 1.29 is 19.4 Å². The first kappa shape index (κ1) is 12.5. The molecule has 1 atom stereocenters. The van der Waals surface area contributed by atoms with Crippen LogP contribution in [0.2, 0.25) is 0 Å². The number of nitrogens with zero attached hydrogens (tertiary/aromatic N) is 2. The van der Waals surface area contributed by atoms with E-state index in [1.165, 1.54) is 17.1 Å². The molecule has 1 aliphatic heterocycles. The number of anilines is 1. The molecular weight excluding hydrogens is 240 g/mol. The number of carboxylic acids is 1. The molecule has 0 aliphatic carbocycles. The average molecular weight is 254 g/mol. The Kier molecular flexibility index (Phi) is 3.90. The van der Waals surface area contributed by atoms with Crippen LogP contribution in [0.5, 0.6) is 0 Å². The van der Waals surface area contributed by atoms with Crippen LogP contribution < -0.4 is 10.6 Å². The Morgan fingerprint density at radius 2 is 2.50 bits per heavy atom. The summed E-state index contributed by atoms with van der Waals surface area (Å²) < 4.78 is 6.42. The van der Waals surface area contributed by atoms with Gasteiger partial charge in [-0.1, -0.05) is 0 Å². The molecule has 0 aromatic carbocycles. The Morgan fingerprint density at radius 1 is 1.67 bits per heavy atom. The molecule has 1 aliphatic rings. The second-order valence-electron chi connectivity index (χ2n) is 3.89. The lowest BCUT2D eigenvalue weighted by atomic mass is 10.2. The quantitative estimate of drug-likeness (QED) is 0.629. The Morgan fingerprint density at radius 3 is 3.17 bits per heavy atom. The summed E-state index contributed by atoms with van der Waals surface area (Å²) in [4.78, 5) is 22.3. The van der Waals surface area contributed by atoms with Gasteiger partial charge in [0.1, 0.15) is 12.6 Å². The van der Waals surface area contributed by atoms with Crippen molar-refractivity contribution >= 4 is 17.6 Å². The largest absolute Gasteiger partial charge is 0.480 e. The van der Waals surface area contributed by atoms with Crippen molar-refractivity contribution in [2.75, 3.05) is 25.1 Å². The number of hydrogen-bond acceptors (Lipinski definition) is 5. The topological polar surface area (TPSA) is 105 Å². The molecule has 8 nitrogen and oxygen atoms in total. The van der Waals surface area contributed by atoms with Crippen molar-refractivity contribution in [3.63, 3.8) is 0 Å². The molecule has 0 bridgehead atoms. The SMILES string of the molecule is O=C(O)Cn1cc(NC(=O)C2COCCN2)cn1. The molecule has 1 unspecified atom stereocenters. The number of nitrogens with one attached hydrogen (secondary N) is 2. The van der Waals surface area contributed by atoms with E-state index < -0.39 is 5.97 Å². The first-order valence-electron chi connectivity index (χ1n) is 5.51. The number of amides is 1. The Balaban J connectivity index is 1.90. The van der Waals surface area contributed by atoms with Crippen LogP contribution in [0.1, 0.15) is 0 Å². The van der Waals surface area contributed by atoms with E-state index in [-0.39, 0.29) is 18.5 Å². The van der Waals surface area contributed by atoms with Gasteiger partial charge in [-0.15, -0.1) is 0 Å². The third kappa shape index (κ3) is 3.28. The third-order valence-electron chi connectivity index (χ3n) is 2.44. The number of carboxylic acid groups (broad SMARTS) is 1. The monoisotopic (exact) mass is 254 g/mol. The van der Waals surface area contributed by atoms with Crippen molar-refractivity contribution in [1.82, 2.24) is 15.1 Å². The van der Waals surface area contributed by atoms with Crippen molar-refractivity contribution in [3.8, 4) is 0 Å². The van der Waals surface area contributed by atoms with Gasteiger partial charge in [-0.3, -0.25) is 14.3 Å². The molecule has 2 rings (SSSR count). The summed E-state index contributed by atoms with van der Waals surface area (Å²) in [5.41, 5.74) is 0.466. The number of hydrogen-bond donors (Lipinski definition) is 3. The molecule has 0 spiro atoms. The Labute approximate surface area is 103 Å². The van der Waals surface area contributed by atoms with Crippen LogP contribution >= 0.6 is 0 Å². The highest BCUT2D eigenvalue weighted by Gasteiger charge is 2.21. The van der Waals surface area contributed by atoms with Crippen molar-refractivity contribution in [2.24, 2.45) is 0 Å². The second-order valence-corrected chi connectivity index (χ2v) is 3.89. The van der Waals surface area contributed by atoms with E-state index >= 15 is 0 Å². The zero-order chi connectivity index (χ0) is 13.0. The highest BCUT2D eigenvalue weighted by molar-refractivity contribution is 5.94. The molecule has 0 radical (unpaired) electrons. The molecule has 2 heterocycles. The van der Waals surface area contributed by atoms with Gasteiger partial charge < -0.3 is 20.5 Å². The average Bonchev–Trinajstić information content (AvgIpc) is 2.76. The van der Waals surface area contributed by atoms with Crippen molar-refractivity contribution in [2.45, 2.75) is 12.6 Å². The van der Waals surface area contributed by atoms with Gasteiger partial charge in [0.05, 0.1) is 25.1 Å². The molecule has 1 fully saturated rings. The maximum atomic E-state index is 11.8. The number of aromatic nitrogens is 2. The number of carbonyl (C=O) groups excluding carboxylic acids is 1. The molecule has 18 heavy (non-hydrogen) atoms. The summed E-state index contributed by atoms with van der Waals surface area (Å²) >= 11 is 0. The summed E-state index contributed by atoms with van der Waals surface area (Å²) in [6.45, 7) is 1.33. The number of aliphatic carboxylic acids is 1. The molecule has 98 valence electrons. The Bertz CT molecular complexity index is 439. The zero-order valence-corrected chi connectivity index (χ0v) is 9.63. The molecule has 1 aromatic heterocycles. The van der Waals surface area contributed by atoms with Crippen molar-refractivity contribution in [3.05, 3.63) is 12.4 Å². The fourth-order valence-corrected chi connectivity index (χ4v) is 1.62. The zero-order valence-electron chi connectivity index (χ0n) is 9.63. The summed E-state index contributed by atoms with van der Waals surface area (Å²) in [5, 5.41) is 18.1. The number of carbonyl (C=O) groups is 2. The number of rotatable bonds is 4. The van der Waals surface area contributed by atoms with E-state index in [1.807, 2.05) is 0 Å². The van der Waals surface area contributed by atoms with Gasteiger partial charge in [0.25, 0.3) is 0 Å². The molecule has 3 N–H and O–H groups in total. The summed E-state index contributed by atoms with van der Waals surface area (Å²) in [6.07, 6.45) is 2.88. The van der Waals surface area contributed by atoms with Crippen molar-refractivity contribution in [1.29, 1.82) is 0 Å². The molecule has 1 saturated heterocycles. The maximum absolute atomic E-state index is 11.8. The molecular formula is C10H14N4O4. The van der Waals surface area contributed by atoms with Gasteiger partial charge in [0, 0.05) is 12.7 Å². The van der Waals surface area contributed by atoms with Crippen LogP contribution in [-0.2, 0) is 20.9 Å². The van der Waals surface area contributed by atoms with Gasteiger partial charge in [-0.25, -0.2) is 0 Å². The minimum atomic E-state index is -0.988. The van der Waals surface area contributed by atoms with Crippen LogP contribution in [-0.4, -0.2) is 52.6 Å². The third-order valence-corrected chi connectivity index (χ3v) is 2.44. The van der Waals surface area contributed by atoms with Crippen LogP contribution in [0, 0.1) is 0 Å². The molecule has 8 heteroatoms. The molecule has 0 saturated carbocycles. The highest BCUT2D eigenvalue weighted by atomic mass is 16.5. The van der Waals surface area contributed by atoms with Crippen LogP contribution in [0.3, 0.4) is 0 Å². The lowest BCUT2D eigenvalue weighted by Gasteiger charge is -2.22. The smallest absolute Gasteiger partial charge is 0.325 e. The lowest BCUT2D eigenvalue weighted by molar-refractivity contribution is -0.137. The van der Waals surface area contributed by atoms with Crippen LogP contribution in [0.4, 0.5) is 5.69 Å². The minimum absolute atomic E-state index is 0.218. The van der Waals surface area contributed by atoms with Gasteiger partial charge in [0.2, 0.25) is 5.91 Å². The normalized spacial score (nSPS) is 19.4. The standard InChI is InChI=1S/C10H14N4O4/c15-9(16)5-14-4-7(3-12-14)13-10(17)8-6-18-2-1-11-8/h3-4,8,11H,1-2,5-6H2,(H,13,17)(H,15,16). The van der Waals surface area contributed by atoms with E-state index in [0.29, 0.717) is 25.4 Å². The fraction of sp³-hybridized carbons (Fsp3) is 0.500. The Hall–Kier alpha value is -1.93. The maximum Gasteiger partial charge on any atom is 0.325 e. The lowest BCUT2D eigenvalue weighted by Crippen LogP contribution is -2.48. The van der Waals surface area contributed by atoms with Gasteiger partial charge >= 0.3 is 5.97 Å². The predicted octanol–water partition coefficient (Wildman–Crippen LogP) is -1.11. The number of morpholine rings is 1. The van der Waals surface area contributed by atoms with Crippen LogP contribution in [0.15, 0.2) is 12.4 Å². The summed E-state index contributed by atoms with van der Waals surface area (Å²) in [6, 6.07) is -0.387. The van der Waals surface area contributed by atoms with Gasteiger partial charge in [-0.2, -0.15) is 5.10 Å². The number of ether oxygens (including phenoxy) is 1. The molecule has 1 aromatic rings. The molecule has 1 amide bonds. The van der Waals surface area contributed by atoms with E-state index in [4.69, 9.17) is 9.84 Å². The minimum Gasteiger partial charge on any atom is -0.480 e. The fourth-order valence-electron chi connectivity index (χ4n) is 1.62. The van der Waals surface area contributed by atoms with E-state index in [9.17, 15) is 9.59 Å². The first-order chi connectivity index (χ1) is 8.65. The van der Waals surface area contributed by atoms with E-state index in [1.54, 1.807) is 0 Å². The highest BCUT2D eigenvalue weighted by Crippen LogP contribution is 2.06. The van der Waals surface area contributed by atoms with Gasteiger partial charge in [0.15, 0.2) is 0 Å². The van der Waals surface area contributed by atoms with Crippen LogP contribution in [0.25, 0.3) is 0 Å². The van der Waals surface area contributed by atoms with Gasteiger partial charge in [-0.05, 0) is 0 Å². The van der Waals surface area contributed by atoms with E-state index in [0.717, 1.165) is 0 Å². The predicted molar refractivity (Wildman–Crippen MR) is 61.1 cm³/mol.